The highest BCUT2D eigenvalue weighted by Crippen LogP contribution is 2.36. The summed E-state index contributed by atoms with van der Waals surface area (Å²) in [4.78, 5) is 27.4. The molecule has 0 aliphatic carbocycles. The third-order valence-corrected chi connectivity index (χ3v) is 6.62. The van der Waals surface area contributed by atoms with Crippen LogP contribution in [0.15, 0.2) is 70.7 Å². The zero-order valence-corrected chi connectivity index (χ0v) is 22.6. The fraction of sp³-hybridized carbons (Fsp3) is 0.179. The van der Waals surface area contributed by atoms with Crippen molar-refractivity contribution in [3.05, 3.63) is 93.2 Å². The minimum atomic E-state index is -0.590. The molecule has 0 aromatic heterocycles. The molecule has 0 spiro atoms. The average Bonchev–Trinajstić information content (AvgIpc) is 2.87. The number of nitrogens with zero attached hydrogens (tertiary/aromatic N) is 1. The van der Waals surface area contributed by atoms with E-state index in [9.17, 15) is 14.0 Å². The molecular formula is C28H24BrFN2O4S. The van der Waals surface area contributed by atoms with Crippen molar-refractivity contribution in [1.29, 1.82) is 0 Å². The lowest BCUT2D eigenvalue weighted by Gasteiger charge is -2.29. The van der Waals surface area contributed by atoms with Gasteiger partial charge in [0.05, 0.1) is 12.3 Å². The second kappa shape index (κ2) is 11.7. The summed E-state index contributed by atoms with van der Waals surface area (Å²) in [6.07, 6.45) is 2.34. The van der Waals surface area contributed by atoms with E-state index in [2.05, 4.69) is 21.2 Å². The molecule has 1 fully saturated rings. The molecule has 1 aliphatic heterocycles. The van der Waals surface area contributed by atoms with Crippen LogP contribution in [0.25, 0.3) is 6.08 Å². The van der Waals surface area contributed by atoms with Gasteiger partial charge in [-0.2, -0.15) is 0 Å². The number of anilines is 1. The van der Waals surface area contributed by atoms with Gasteiger partial charge in [0.25, 0.3) is 11.8 Å². The van der Waals surface area contributed by atoms with Crippen molar-refractivity contribution in [2.24, 2.45) is 0 Å². The van der Waals surface area contributed by atoms with E-state index in [-0.39, 0.29) is 23.1 Å². The number of amides is 2. The molecule has 0 unspecified atom stereocenters. The Labute approximate surface area is 228 Å². The van der Waals surface area contributed by atoms with Crippen molar-refractivity contribution in [2.45, 2.75) is 26.9 Å². The van der Waals surface area contributed by atoms with E-state index in [4.69, 9.17) is 21.7 Å². The number of rotatable bonds is 8. The van der Waals surface area contributed by atoms with Crippen LogP contribution in [-0.2, 0) is 22.6 Å². The molecule has 0 bridgehead atoms. The number of carbonyl (C=O) groups is 2. The van der Waals surface area contributed by atoms with Gasteiger partial charge in [0.1, 0.15) is 18.0 Å². The SMILES string of the molecule is CCOc1cc(/C=C2\C(=O)NC(=S)N(c3ccc(CC)cc3)C2=O)c(Br)cc1OCc1cccc(F)c1. The first-order valence-corrected chi connectivity index (χ1v) is 12.8. The summed E-state index contributed by atoms with van der Waals surface area (Å²) < 4.78 is 25.7. The maximum Gasteiger partial charge on any atom is 0.270 e. The molecule has 6 nitrogen and oxygen atoms in total. The van der Waals surface area contributed by atoms with Crippen LogP contribution in [0.5, 0.6) is 11.5 Å². The molecule has 1 aliphatic rings. The monoisotopic (exact) mass is 582 g/mol. The Kier molecular flexibility index (Phi) is 8.35. The zero-order valence-electron chi connectivity index (χ0n) is 20.2. The van der Waals surface area contributed by atoms with Crippen molar-refractivity contribution >= 4 is 56.8 Å². The number of benzene rings is 3. The first-order chi connectivity index (χ1) is 17.8. The van der Waals surface area contributed by atoms with Crippen LogP contribution in [0, 0.1) is 5.82 Å². The normalized spacial score (nSPS) is 14.6. The van der Waals surface area contributed by atoms with E-state index in [0.717, 1.165) is 12.0 Å². The van der Waals surface area contributed by atoms with Crippen molar-refractivity contribution in [3.63, 3.8) is 0 Å². The van der Waals surface area contributed by atoms with Crippen molar-refractivity contribution in [1.82, 2.24) is 5.32 Å². The number of ether oxygens (including phenoxy) is 2. The first kappa shape index (κ1) is 26.5. The molecule has 1 heterocycles. The van der Waals surface area contributed by atoms with Gasteiger partial charge >= 0.3 is 0 Å². The number of halogens is 2. The maximum atomic E-state index is 13.5. The van der Waals surface area contributed by atoms with E-state index < -0.39 is 11.8 Å². The Bertz CT molecular complexity index is 1390. The zero-order chi connectivity index (χ0) is 26.5. The van der Waals surface area contributed by atoms with Crippen LogP contribution >= 0.6 is 28.1 Å². The summed E-state index contributed by atoms with van der Waals surface area (Å²) in [5, 5.41) is 2.62. The van der Waals surface area contributed by atoms with Crippen LogP contribution in [0.2, 0.25) is 0 Å². The third kappa shape index (κ3) is 6.06. The fourth-order valence-electron chi connectivity index (χ4n) is 3.76. The largest absolute Gasteiger partial charge is 0.490 e. The van der Waals surface area contributed by atoms with Crippen molar-refractivity contribution < 1.29 is 23.5 Å². The molecule has 2 amide bonds. The smallest absolute Gasteiger partial charge is 0.270 e. The second-order valence-corrected chi connectivity index (χ2v) is 9.39. The van der Waals surface area contributed by atoms with Crippen LogP contribution in [0.3, 0.4) is 0 Å². The Hall–Kier alpha value is -3.56. The Balaban J connectivity index is 1.65. The van der Waals surface area contributed by atoms with Gasteiger partial charge in [0.2, 0.25) is 0 Å². The lowest BCUT2D eigenvalue weighted by molar-refractivity contribution is -0.122. The predicted octanol–water partition coefficient (Wildman–Crippen LogP) is 5.96. The highest BCUT2D eigenvalue weighted by Gasteiger charge is 2.34. The summed E-state index contributed by atoms with van der Waals surface area (Å²) >= 11 is 8.80. The minimum absolute atomic E-state index is 0.0200. The molecule has 0 saturated carbocycles. The van der Waals surface area contributed by atoms with Gasteiger partial charge in [0, 0.05) is 4.47 Å². The van der Waals surface area contributed by atoms with E-state index in [0.29, 0.717) is 39.4 Å². The van der Waals surface area contributed by atoms with Crippen LogP contribution in [-0.4, -0.2) is 23.5 Å². The number of hydrogen-bond acceptors (Lipinski definition) is 5. The first-order valence-electron chi connectivity index (χ1n) is 11.6. The van der Waals surface area contributed by atoms with Gasteiger partial charge in [0.15, 0.2) is 16.6 Å². The molecule has 37 heavy (non-hydrogen) atoms. The summed E-state index contributed by atoms with van der Waals surface area (Å²) in [5.74, 6) is -0.625. The topological polar surface area (TPSA) is 67.9 Å². The molecule has 0 atom stereocenters. The highest BCUT2D eigenvalue weighted by molar-refractivity contribution is 9.10. The molecule has 9 heteroatoms. The molecule has 1 N–H and O–H groups in total. The summed E-state index contributed by atoms with van der Waals surface area (Å²) in [7, 11) is 0. The maximum absolute atomic E-state index is 13.5. The van der Waals surface area contributed by atoms with Crippen molar-refractivity contribution in [3.8, 4) is 11.5 Å². The quantitative estimate of drug-likeness (QED) is 0.202. The Morgan fingerprint density at radius 2 is 1.73 bits per heavy atom. The fourth-order valence-corrected chi connectivity index (χ4v) is 4.48. The van der Waals surface area contributed by atoms with Crippen LogP contribution in [0.4, 0.5) is 10.1 Å². The summed E-state index contributed by atoms with van der Waals surface area (Å²) in [5.41, 5.74) is 2.80. The van der Waals surface area contributed by atoms with Crippen LogP contribution < -0.4 is 19.7 Å². The van der Waals surface area contributed by atoms with Gasteiger partial charge < -0.3 is 9.47 Å². The summed E-state index contributed by atoms with van der Waals surface area (Å²) in [6, 6.07) is 16.9. The van der Waals surface area contributed by atoms with Crippen molar-refractivity contribution in [2.75, 3.05) is 11.5 Å². The number of carbonyl (C=O) groups excluding carboxylic acids is 2. The lowest BCUT2D eigenvalue weighted by Crippen LogP contribution is -2.54. The average molecular weight is 583 g/mol. The molecule has 190 valence electrons. The van der Waals surface area contributed by atoms with E-state index in [1.54, 1.807) is 36.4 Å². The molecule has 3 aromatic rings. The van der Waals surface area contributed by atoms with E-state index >= 15 is 0 Å². The van der Waals surface area contributed by atoms with Crippen LogP contribution in [0.1, 0.15) is 30.5 Å². The summed E-state index contributed by atoms with van der Waals surface area (Å²) in [6.45, 7) is 4.37. The van der Waals surface area contributed by atoms with E-state index in [1.807, 2.05) is 26.0 Å². The van der Waals surface area contributed by atoms with Gasteiger partial charge in [-0.3, -0.25) is 19.8 Å². The number of hydrogen-bond donors (Lipinski definition) is 1. The highest BCUT2D eigenvalue weighted by atomic mass is 79.9. The molecule has 4 rings (SSSR count). The van der Waals surface area contributed by atoms with E-state index in [1.165, 1.54) is 23.1 Å². The van der Waals surface area contributed by atoms with Gasteiger partial charge in [-0.25, -0.2) is 4.39 Å². The standard InChI is InChI=1S/C28H24BrFN2O4S/c1-3-17-8-10-21(11-9-17)32-27(34)22(26(33)31-28(32)37)13-19-14-24(35-4-2)25(15-23(19)29)36-16-18-6-5-7-20(30)12-18/h5-15H,3-4,16H2,1-2H3,(H,31,33,37)/b22-13+. The van der Waals surface area contributed by atoms with Gasteiger partial charge in [-0.15, -0.1) is 0 Å². The lowest BCUT2D eigenvalue weighted by atomic mass is 10.1. The number of thiocarbonyl (C=S) groups is 1. The minimum Gasteiger partial charge on any atom is -0.490 e. The molecule has 3 aromatic carbocycles. The second-order valence-electron chi connectivity index (χ2n) is 8.15. The van der Waals surface area contributed by atoms with Gasteiger partial charge in [-0.05, 0) is 84.7 Å². The number of nitrogens with one attached hydrogen (secondary N) is 1. The molecular weight excluding hydrogens is 559 g/mol. The van der Waals surface area contributed by atoms with Gasteiger partial charge in [-0.1, -0.05) is 47.1 Å². The third-order valence-electron chi connectivity index (χ3n) is 5.65. The Morgan fingerprint density at radius 3 is 2.41 bits per heavy atom. The number of aryl methyl sites for hydroxylation is 1. The molecule has 0 radical (unpaired) electrons. The Morgan fingerprint density at radius 1 is 1.00 bits per heavy atom. The predicted molar refractivity (Wildman–Crippen MR) is 148 cm³/mol. The molecule has 1 saturated heterocycles.